The van der Waals surface area contributed by atoms with E-state index in [2.05, 4.69) is 46.1 Å². The fourth-order valence-corrected chi connectivity index (χ4v) is 3.02. The van der Waals surface area contributed by atoms with Gasteiger partial charge in [0.15, 0.2) is 0 Å². The number of halogens is 2. The van der Waals surface area contributed by atoms with E-state index in [-0.39, 0.29) is 5.54 Å². The Kier molecular flexibility index (Phi) is 4.01. The summed E-state index contributed by atoms with van der Waals surface area (Å²) < 4.78 is 1.03. The fraction of sp³-hybridized carbons (Fsp3) is 0.538. The topological polar surface area (TPSA) is 15.3 Å². The lowest BCUT2D eigenvalue weighted by Gasteiger charge is -2.42. The van der Waals surface area contributed by atoms with Gasteiger partial charge in [-0.15, -0.1) is 0 Å². The second-order valence-electron chi connectivity index (χ2n) is 4.86. The highest BCUT2D eigenvalue weighted by molar-refractivity contribution is 9.10. The highest BCUT2D eigenvalue weighted by Crippen LogP contribution is 2.31. The van der Waals surface area contributed by atoms with E-state index in [0.29, 0.717) is 0 Å². The van der Waals surface area contributed by atoms with Crippen molar-refractivity contribution < 1.29 is 0 Å². The van der Waals surface area contributed by atoms with E-state index < -0.39 is 0 Å². The molecule has 1 saturated heterocycles. The van der Waals surface area contributed by atoms with E-state index in [1.807, 2.05) is 12.1 Å². The van der Waals surface area contributed by atoms with Gasteiger partial charge in [-0.3, -0.25) is 0 Å². The molecule has 0 aromatic heterocycles. The van der Waals surface area contributed by atoms with E-state index in [1.54, 1.807) is 0 Å². The molecule has 2 rings (SSSR count). The van der Waals surface area contributed by atoms with Crippen LogP contribution in [0.2, 0.25) is 5.02 Å². The van der Waals surface area contributed by atoms with Crippen molar-refractivity contribution in [1.82, 2.24) is 5.32 Å². The number of anilines is 1. The lowest BCUT2D eigenvalue weighted by Crippen LogP contribution is -2.58. The summed E-state index contributed by atoms with van der Waals surface area (Å²) >= 11 is 9.75. The van der Waals surface area contributed by atoms with Crippen LogP contribution in [0.4, 0.5) is 5.69 Å². The molecule has 0 spiro atoms. The first-order valence-electron chi connectivity index (χ1n) is 5.99. The minimum Gasteiger partial charge on any atom is -0.367 e. The third-order valence-electron chi connectivity index (χ3n) is 3.50. The average molecular weight is 318 g/mol. The Balaban J connectivity index is 2.22. The number of nitrogens with zero attached hydrogens (tertiary/aromatic N) is 1. The molecule has 0 radical (unpaired) electrons. The Morgan fingerprint density at radius 1 is 1.53 bits per heavy atom. The van der Waals surface area contributed by atoms with Gasteiger partial charge in [-0.2, -0.15) is 0 Å². The van der Waals surface area contributed by atoms with Crippen LogP contribution in [0.25, 0.3) is 0 Å². The Morgan fingerprint density at radius 3 is 2.94 bits per heavy atom. The summed E-state index contributed by atoms with van der Waals surface area (Å²) in [6, 6.07) is 6.10. The minimum atomic E-state index is 0.189. The zero-order valence-corrected chi connectivity index (χ0v) is 12.6. The molecule has 1 aliphatic heterocycles. The van der Waals surface area contributed by atoms with Crippen LogP contribution in [0.15, 0.2) is 22.7 Å². The molecule has 1 unspecified atom stereocenters. The third kappa shape index (κ3) is 2.95. The van der Waals surface area contributed by atoms with Crippen molar-refractivity contribution in [3.05, 3.63) is 27.7 Å². The van der Waals surface area contributed by atoms with Crippen molar-refractivity contribution >= 4 is 33.2 Å². The Labute approximate surface area is 116 Å². The molecule has 1 heterocycles. The van der Waals surface area contributed by atoms with Crippen LogP contribution in [0.5, 0.6) is 0 Å². The summed E-state index contributed by atoms with van der Waals surface area (Å²) in [7, 11) is 0. The molecule has 1 aromatic rings. The quantitative estimate of drug-likeness (QED) is 0.895. The molecule has 1 aliphatic rings. The molecule has 1 fully saturated rings. The molecule has 17 heavy (non-hydrogen) atoms. The van der Waals surface area contributed by atoms with Gasteiger partial charge in [-0.05, 0) is 31.5 Å². The largest absolute Gasteiger partial charge is 0.367 e. The zero-order chi connectivity index (χ0) is 12.5. The lowest BCUT2D eigenvalue weighted by atomic mass is 9.95. The second-order valence-corrected chi connectivity index (χ2v) is 6.18. The maximum atomic E-state index is 6.31. The van der Waals surface area contributed by atoms with E-state index in [1.165, 1.54) is 0 Å². The Morgan fingerprint density at radius 2 is 2.29 bits per heavy atom. The molecular weight excluding hydrogens is 300 g/mol. The van der Waals surface area contributed by atoms with E-state index in [9.17, 15) is 0 Å². The molecule has 4 heteroatoms. The van der Waals surface area contributed by atoms with Crippen molar-refractivity contribution in [3.63, 3.8) is 0 Å². The molecule has 0 saturated carbocycles. The second kappa shape index (κ2) is 5.17. The number of hydrogen-bond acceptors (Lipinski definition) is 2. The van der Waals surface area contributed by atoms with Crippen LogP contribution in [-0.2, 0) is 0 Å². The molecule has 1 atom stereocenters. The van der Waals surface area contributed by atoms with E-state index in [0.717, 1.165) is 41.2 Å². The predicted octanol–water partition coefficient (Wildman–Crippen LogP) is 3.68. The summed E-state index contributed by atoms with van der Waals surface area (Å²) in [5.74, 6) is 0. The van der Waals surface area contributed by atoms with Crippen LogP contribution < -0.4 is 10.2 Å². The van der Waals surface area contributed by atoms with Crippen molar-refractivity contribution in [2.75, 3.05) is 24.5 Å². The Hall–Kier alpha value is -0.250. The summed E-state index contributed by atoms with van der Waals surface area (Å²) in [5, 5.41) is 4.40. The molecule has 0 aliphatic carbocycles. The van der Waals surface area contributed by atoms with Gasteiger partial charge in [0.25, 0.3) is 0 Å². The van der Waals surface area contributed by atoms with Gasteiger partial charge in [0.1, 0.15) is 0 Å². The van der Waals surface area contributed by atoms with Crippen molar-refractivity contribution in [3.8, 4) is 0 Å². The van der Waals surface area contributed by atoms with Crippen molar-refractivity contribution in [1.29, 1.82) is 0 Å². The highest BCUT2D eigenvalue weighted by atomic mass is 79.9. The van der Waals surface area contributed by atoms with Crippen LogP contribution >= 0.6 is 27.5 Å². The first-order valence-corrected chi connectivity index (χ1v) is 7.16. The van der Waals surface area contributed by atoms with E-state index >= 15 is 0 Å². The summed E-state index contributed by atoms with van der Waals surface area (Å²) in [5.41, 5.74) is 1.32. The number of benzene rings is 1. The molecule has 1 aromatic carbocycles. The van der Waals surface area contributed by atoms with Crippen LogP contribution in [0.3, 0.4) is 0 Å². The molecule has 0 amide bonds. The zero-order valence-electron chi connectivity index (χ0n) is 10.3. The van der Waals surface area contributed by atoms with Crippen LogP contribution in [-0.4, -0.2) is 25.2 Å². The first kappa shape index (κ1) is 13.2. The maximum Gasteiger partial charge on any atom is 0.0650 e. The Bertz CT molecular complexity index is 410. The van der Waals surface area contributed by atoms with Gasteiger partial charge in [-0.25, -0.2) is 0 Å². The number of hydrogen-bond donors (Lipinski definition) is 1. The minimum absolute atomic E-state index is 0.189. The summed E-state index contributed by atoms with van der Waals surface area (Å²) in [4.78, 5) is 2.37. The van der Waals surface area contributed by atoms with Gasteiger partial charge in [-0.1, -0.05) is 34.5 Å². The predicted molar refractivity (Wildman–Crippen MR) is 78.1 cm³/mol. The summed E-state index contributed by atoms with van der Waals surface area (Å²) in [6.45, 7) is 7.52. The van der Waals surface area contributed by atoms with Crippen molar-refractivity contribution in [2.45, 2.75) is 25.8 Å². The maximum absolute atomic E-state index is 6.31. The average Bonchev–Trinajstić information content (AvgIpc) is 2.29. The molecule has 94 valence electrons. The SMILES string of the molecule is CCC1(C)CN(c2ccc(Br)cc2Cl)CCN1. The van der Waals surface area contributed by atoms with Crippen LogP contribution in [0.1, 0.15) is 20.3 Å². The number of nitrogens with one attached hydrogen (secondary N) is 1. The molecular formula is C13H18BrClN2. The molecule has 2 nitrogen and oxygen atoms in total. The van der Waals surface area contributed by atoms with Gasteiger partial charge in [0.05, 0.1) is 10.7 Å². The first-order chi connectivity index (χ1) is 8.04. The fourth-order valence-electron chi connectivity index (χ4n) is 2.23. The highest BCUT2D eigenvalue weighted by Gasteiger charge is 2.29. The summed E-state index contributed by atoms with van der Waals surface area (Å²) in [6.07, 6.45) is 1.12. The lowest BCUT2D eigenvalue weighted by molar-refractivity contribution is 0.314. The standard InChI is InChI=1S/C13H18BrClN2/c1-3-13(2)9-17(7-6-16-13)12-5-4-10(14)8-11(12)15/h4-5,8,16H,3,6-7,9H2,1-2H3. The van der Waals surface area contributed by atoms with Gasteiger partial charge in [0, 0.05) is 29.6 Å². The smallest absolute Gasteiger partial charge is 0.0650 e. The monoisotopic (exact) mass is 316 g/mol. The van der Waals surface area contributed by atoms with E-state index in [4.69, 9.17) is 11.6 Å². The van der Waals surface area contributed by atoms with Crippen molar-refractivity contribution in [2.24, 2.45) is 0 Å². The van der Waals surface area contributed by atoms with Gasteiger partial charge in [0.2, 0.25) is 0 Å². The third-order valence-corrected chi connectivity index (χ3v) is 4.30. The number of rotatable bonds is 2. The van der Waals surface area contributed by atoms with Gasteiger partial charge < -0.3 is 10.2 Å². The van der Waals surface area contributed by atoms with Crippen LogP contribution in [0, 0.1) is 0 Å². The van der Waals surface area contributed by atoms with Gasteiger partial charge >= 0.3 is 0 Å². The molecule has 1 N–H and O–H groups in total. The number of piperazine rings is 1. The molecule has 0 bridgehead atoms. The normalized spacial score (nSPS) is 25.1.